The average molecular weight is 354 g/mol. The Morgan fingerprint density at radius 2 is 1.56 bits per heavy atom. The smallest absolute Gasteiger partial charge is 0.391 e. The summed E-state index contributed by atoms with van der Waals surface area (Å²) in [6.45, 7) is 5.60. The van der Waals surface area contributed by atoms with Gasteiger partial charge in [0.15, 0.2) is 11.4 Å². The Balaban J connectivity index is 1.90. The molecule has 1 aromatic carbocycles. The van der Waals surface area contributed by atoms with Gasteiger partial charge >= 0.3 is 12.1 Å². The molecule has 3 rings (SSSR count). The minimum Gasteiger partial charge on any atom is -0.450 e. The van der Waals surface area contributed by atoms with E-state index in [1.165, 1.54) is 0 Å². The maximum atomic E-state index is 13.0. The van der Waals surface area contributed by atoms with Gasteiger partial charge in [0, 0.05) is 0 Å². The van der Waals surface area contributed by atoms with Crippen molar-refractivity contribution in [2.75, 3.05) is 0 Å². The molecule has 1 saturated carbocycles. The van der Waals surface area contributed by atoms with Crippen molar-refractivity contribution >= 4 is 11.8 Å². The summed E-state index contributed by atoms with van der Waals surface area (Å²) in [5.41, 5.74) is 1.93. The summed E-state index contributed by atoms with van der Waals surface area (Å²) in [5.74, 6) is -3.46. The molecule has 1 saturated heterocycles. The number of ketones is 1. The molecule has 1 spiro atoms. The molecule has 0 radical (unpaired) electrons. The number of carbonyl (C=O) groups excluding carboxylic acids is 2. The zero-order valence-corrected chi connectivity index (χ0v) is 14.5. The second-order valence-corrected chi connectivity index (χ2v) is 7.34. The molecule has 1 atom stereocenters. The minimum atomic E-state index is -4.27. The number of halogens is 3. The van der Waals surface area contributed by atoms with Crippen molar-refractivity contribution in [3.8, 4) is 0 Å². The van der Waals surface area contributed by atoms with E-state index in [0.717, 1.165) is 16.7 Å². The van der Waals surface area contributed by atoms with Crippen molar-refractivity contribution in [3.63, 3.8) is 0 Å². The van der Waals surface area contributed by atoms with Crippen LogP contribution in [0.25, 0.3) is 0 Å². The fourth-order valence-electron chi connectivity index (χ4n) is 4.33. The lowest BCUT2D eigenvalue weighted by atomic mass is 9.73. The van der Waals surface area contributed by atoms with E-state index in [4.69, 9.17) is 4.74 Å². The number of carbonyl (C=O) groups is 2. The van der Waals surface area contributed by atoms with Crippen LogP contribution in [-0.2, 0) is 14.3 Å². The molecule has 3 nitrogen and oxygen atoms in total. The monoisotopic (exact) mass is 354 g/mol. The fourth-order valence-corrected chi connectivity index (χ4v) is 4.33. The summed E-state index contributed by atoms with van der Waals surface area (Å²) >= 11 is 0. The minimum absolute atomic E-state index is 0.0534. The van der Waals surface area contributed by atoms with Gasteiger partial charge in [-0.25, -0.2) is 0 Å². The van der Waals surface area contributed by atoms with Gasteiger partial charge < -0.3 is 4.74 Å². The van der Waals surface area contributed by atoms with E-state index in [2.05, 4.69) is 0 Å². The first-order chi connectivity index (χ1) is 11.5. The first kappa shape index (κ1) is 18.0. The van der Waals surface area contributed by atoms with Crippen LogP contribution in [0.3, 0.4) is 0 Å². The highest BCUT2D eigenvalue weighted by Gasteiger charge is 2.59. The second kappa shape index (κ2) is 5.85. The molecular weight excluding hydrogens is 333 g/mol. The summed E-state index contributed by atoms with van der Waals surface area (Å²) < 4.78 is 44.1. The third kappa shape index (κ3) is 2.96. The van der Waals surface area contributed by atoms with Crippen molar-refractivity contribution in [2.24, 2.45) is 5.92 Å². The van der Waals surface area contributed by atoms with E-state index >= 15 is 0 Å². The van der Waals surface area contributed by atoms with Gasteiger partial charge in [-0.1, -0.05) is 17.7 Å². The number of benzene rings is 1. The van der Waals surface area contributed by atoms with Crippen LogP contribution in [0.1, 0.15) is 53.9 Å². The Morgan fingerprint density at radius 1 is 1.04 bits per heavy atom. The molecule has 136 valence electrons. The SMILES string of the molecule is Cc1cc(C)c(C2C(=O)OC3(CCC(C(F)(F)F)CC3)C2=O)c(C)c1. The van der Waals surface area contributed by atoms with Crippen LogP contribution < -0.4 is 0 Å². The van der Waals surface area contributed by atoms with Gasteiger partial charge in [-0.15, -0.1) is 0 Å². The molecule has 25 heavy (non-hydrogen) atoms. The fraction of sp³-hybridized carbons (Fsp3) is 0.579. The predicted molar refractivity (Wildman–Crippen MR) is 85.2 cm³/mol. The number of Topliss-reactive ketones (excluding diaryl/α,β-unsaturated/α-hetero) is 1. The summed E-state index contributed by atoms with van der Waals surface area (Å²) in [4.78, 5) is 25.5. The van der Waals surface area contributed by atoms with Crippen LogP contribution in [0.2, 0.25) is 0 Å². The summed E-state index contributed by atoms with van der Waals surface area (Å²) in [7, 11) is 0. The zero-order chi connectivity index (χ0) is 18.6. The highest BCUT2D eigenvalue weighted by molar-refractivity contribution is 6.14. The first-order valence-electron chi connectivity index (χ1n) is 8.47. The van der Waals surface area contributed by atoms with Gasteiger partial charge in [0.05, 0.1) is 5.92 Å². The first-order valence-corrected chi connectivity index (χ1v) is 8.47. The van der Waals surface area contributed by atoms with Crippen LogP contribution >= 0.6 is 0 Å². The van der Waals surface area contributed by atoms with Gasteiger partial charge in [0.2, 0.25) is 0 Å². The van der Waals surface area contributed by atoms with Crippen LogP contribution in [0, 0.1) is 26.7 Å². The third-order valence-corrected chi connectivity index (χ3v) is 5.53. The molecule has 1 aliphatic carbocycles. The molecular formula is C19H21F3O3. The lowest BCUT2D eigenvalue weighted by molar-refractivity contribution is -0.194. The van der Waals surface area contributed by atoms with Crippen LogP contribution in [-0.4, -0.2) is 23.5 Å². The number of hydrogen-bond acceptors (Lipinski definition) is 3. The molecule has 0 N–H and O–H groups in total. The summed E-state index contributed by atoms with van der Waals surface area (Å²) in [6.07, 6.45) is -4.73. The molecule has 1 unspecified atom stereocenters. The van der Waals surface area contributed by atoms with Gasteiger partial charge in [-0.05, 0) is 63.1 Å². The van der Waals surface area contributed by atoms with Crippen molar-refractivity contribution in [1.82, 2.24) is 0 Å². The Morgan fingerprint density at radius 3 is 2.04 bits per heavy atom. The third-order valence-electron chi connectivity index (χ3n) is 5.53. The molecule has 0 bridgehead atoms. The van der Waals surface area contributed by atoms with Gasteiger partial charge in [-0.3, -0.25) is 9.59 Å². The maximum Gasteiger partial charge on any atom is 0.391 e. The predicted octanol–water partition coefficient (Wildman–Crippen LogP) is 4.31. The molecule has 1 heterocycles. The van der Waals surface area contributed by atoms with E-state index in [-0.39, 0.29) is 31.5 Å². The molecule has 0 aromatic heterocycles. The molecule has 1 aromatic rings. The lowest BCUT2D eigenvalue weighted by Crippen LogP contribution is -2.43. The van der Waals surface area contributed by atoms with E-state index < -0.39 is 29.6 Å². The van der Waals surface area contributed by atoms with E-state index in [1.807, 2.05) is 32.9 Å². The number of alkyl halides is 3. The van der Waals surface area contributed by atoms with Crippen LogP contribution in [0.5, 0.6) is 0 Å². The maximum absolute atomic E-state index is 13.0. The number of esters is 1. The van der Waals surface area contributed by atoms with Crippen LogP contribution in [0.4, 0.5) is 13.2 Å². The number of rotatable bonds is 1. The van der Waals surface area contributed by atoms with Crippen molar-refractivity contribution in [3.05, 3.63) is 34.4 Å². The molecule has 6 heteroatoms. The molecule has 0 amide bonds. The number of aryl methyl sites for hydroxylation is 3. The Hall–Kier alpha value is -1.85. The van der Waals surface area contributed by atoms with Crippen molar-refractivity contribution in [1.29, 1.82) is 0 Å². The largest absolute Gasteiger partial charge is 0.450 e. The second-order valence-electron chi connectivity index (χ2n) is 7.34. The highest BCUT2D eigenvalue weighted by atomic mass is 19.4. The lowest BCUT2D eigenvalue weighted by Gasteiger charge is -2.35. The molecule has 1 aliphatic heterocycles. The normalized spacial score (nSPS) is 30.0. The quantitative estimate of drug-likeness (QED) is 0.557. The average Bonchev–Trinajstić information content (AvgIpc) is 2.70. The summed E-state index contributed by atoms with van der Waals surface area (Å²) in [5, 5.41) is 0. The Labute approximate surface area is 144 Å². The number of ether oxygens (including phenoxy) is 1. The van der Waals surface area contributed by atoms with Gasteiger partial charge in [0.1, 0.15) is 5.92 Å². The summed E-state index contributed by atoms with van der Waals surface area (Å²) in [6, 6.07) is 3.79. The van der Waals surface area contributed by atoms with Crippen LogP contribution in [0.15, 0.2) is 12.1 Å². The van der Waals surface area contributed by atoms with E-state index in [0.29, 0.717) is 5.56 Å². The zero-order valence-electron chi connectivity index (χ0n) is 14.5. The standard InChI is InChI=1S/C19H21F3O3/c1-10-8-11(2)14(12(3)9-10)15-16(23)18(25-17(15)24)6-4-13(5-7-18)19(20,21)22/h8-9,13,15H,4-7H2,1-3H3. The van der Waals surface area contributed by atoms with E-state index in [1.54, 1.807) is 0 Å². The van der Waals surface area contributed by atoms with Crippen molar-refractivity contribution in [2.45, 2.75) is 64.1 Å². The van der Waals surface area contributed by atoms with Gasteiger partial charge in [0.25, 0.3) is 0 Å². The number of hydrogen-bond donors (Lipinski definition) is 0. The topological polar surface area (TPSA) is 43.4 Å². The van der Waals surface area contributed by atoms with Gasteiger partial charge in [-0.2, -0.15) is 13.2 Å². The Kier molecular flexibility index (Phi) is 4.20. The van der Waals surface area contributed by atoms with Crippen molar-refractivity contribution < 1.29 is 27.5 Å². The highest BCUT2D eigenvalue weighted by Crippen LogP contribution is 2.48. The molecule has 2 fully saturated rings. The molecule has 2 aliphatic rings. The Bertz CT molecular complexity index is 705. The van der Waals surface area contributed by atoms with E-state index in [9.17, 15) is 22.8 Å².